The molecule has 0 aliphatic rings. The fourth-order valence-corrected chi connectivity index (χ4v) is 1.74. The molecule has 0 radical (unpaired) electrons. The lowest BCUT2D eigenvalue weighted by Crippen LogP contribution is -2.07. The number of carbonyl (C=O) groups is 1. The van der Waals surface area contributed by atoms with E-state index in [1.54, 1.807) is 4.57 Å². The molecule has 0 aliphatic carbocycles. The molecule has 0 aliphatic heterocycles. The van der Waals surface area contributed by atoms with E-state index in [9.17, 15) is 4.79 Å². The van der Waals surface area contributed by atoms with Crippen molar-refractivity contribution in [3.8, 4) is 11.4 Å². The number of nitrogens with two attached hydrogens (primary N) is 1. The number of esters is 1. The van der Waals surface area contributed by atoms with Crippen molar-refractivity contribution >= 4 is 11.8 Å². The first-order valence-corrected chi connectivity index (χ1v) is 6.31. The zero-order valence-corrected chi connectivity index (χ0v) is 11.5. The smallest absolute Gasteiger partial charge is 0.360 e. The van der Waals surface area contributed by atoms with Crippen LogP contribution in [0.5, 0.6) is 5.75 Å². The summed E-state index contributed by atoms with van der Waals surface area (Å²) < 4.78 is 11.7. The Bertz CT molecular complexity index is 590. The maximum Gasteiger partial charge on any atom is 0.360 e. The number of nitrogen functional groups attached to an aromatic ring is 1. The van der Waals surface area contributed by atoms with Crippen LogP contribution in [0.25, 0.3) is 5.69 Å². The van der Waals surface area contributed by atoms with Gasteiger partial charge in [-0.3, -0.25) is 4.57 Å². The van der Waals surface area contributed by atoms with Gasteiger partial charge in [-0.1, -0.05) is 6.92 Å². The van der Waals surface area contributed by atoms with E-state index in [2.05, 4.69) is 16.6 Å². The molecule has 1 aromatic carbocycles. The van der Waals surface area contributed by atoms with E-state index in [4.69, 9.17) is 10.5 Å². The zero-order valence-electron chi connectivity index (χ0n) is 11.5. The Kier molecular flexibility index (Phi) is 4.24. The third-order valence-electron chi connectivity index (χ3n) is 2.77. The topological polar surface area (TPSA) is 79.4 Å². The summed E-state index contributed by atoms with van der Waals surface area (Å²) in [6, 6.07) is 7.40. The van der Waals surface area contributed by atoms with Crippen LogP contribution in [-0.4, -0.2) is 29.2 Å². The van der Waals surface area contributed by atoms with E-state index in [0.29, 0.717) is 6.61 Å². The summed E-state index contributed by atoms with van der Waals surface area (Å²) in [7, 11) is 1.29. The van der Waals surface area contributed by atoms with Gasteiger partial charge in [-0.15, -0.1) is 0 Å². The number of anilines is 1. The number of hydrogen-bond donors (Lipinski definition) is 1. The standard InChI is InChI=1S/C14H17N3O3/c1-3-8-20-11-6-4-10(5-7-11)17-9-16-12(13(17)15)14(18)19-2/h4-7,9H,3,8,15H2,1-2H3. The number of carbonyl (C=O) groups excluding carboxylic acids is 1. The van der Waals surface area contributed by atoms with Crippen molar-refractivity contribution < 1.29 is 14.3 Å². The molecule has 106 valence electrons. The molecule has 0 saturated carbocycles. The zero-order chi connectivity index (χ0) is 14.5. The molecule has 0 unspecified atom stereocenters. The average molecular weight is 275 g/mol. The molecule has 0 amide bonds. The van der Waals surface area contributed by atoms with Crippen LogP contribution >= 0.6 is 0 Å². The summed E-state index contributed by atoms with van der Waals surface area (Å²) in [5, 5.41) is 0. The summed E-state index contributed by atoms with van der Waals surface area (Å²) in [6.07, 6.45) is 2.45. The molecule has 1 heterocycles. The highest BCUT2D eigenvalue weighted by molar-refractivity contribution is 5.92. The highest BCUT2D eigenvalue weighted by Crippen LogP contribution is 2.20. The Morgan fingerprint density at radius 1 is 1.35 bits per heavy atom. The van der Waals surface area contributed by atoms with Gasteiger partial charge in [0, 0.05) is 5.69 Å². The van der Waals surface area contributed by atoms with Crippen LogP contribution in [0.4, 0.5) is 5.82 Å². The van der Waals surface area contributed by atoms with Crippen molar-refractivity contribution in [1.82, 2.24) is 9.55 Å². The van der Waals surface area contributed by atoms with Crippen molar-refractivity contribution in [1.29, 1.82) is 0 Å². The fraction of sp³-hybridized carbons (Fsp3) is 0.286. The average Bonchev–Trinajstić information content (AvgIpc) is 2.86. The Labute approximate surface area is 117 Å². The molecule has 6 nitrogen and oxygen atoms in total. The van der Waals surface area contributed by atoms with Crippen molar-refractivity contribution in [2.24, 2.45) is 0 Å². The summed E-state index contributed by atoms with van der Waals surface area (Å²) in [5.74, 6) is 0.491. The predicted molar refractivity (Wildman–Crippen MR) is 75.1 cm³/mol. The second-order valence-corrected chi connectivity index (χ2v) is 4.18. The van der Waals surface area contributed by atoms with Crippen LogP contribution in [0.3, 0.4) is 0 Å². The van der Waals surface area contributed by atoms with Gasteiger partial charge in [0.05, 0.1) is 13.7 Å². The maximum absolute atomic E-state index is 11.5. The molecule has 0 fully saturated rings. The normalized spacial score (nSPS) is 10.3. The summed E-state index contributed by atoms with van der Waals surface area (Å²) in [6.45, 7) is 2.73. The van der Waals surface area contributed by atoms with Crippen LogP contribution in [0.2, 0.25) is 0 Å². The minimum atomic E-state index is -0.552. The van der Waals surface area contributed by atoms with Gasteiger partial charge in [0.25, 0.3) is 0 Å². The Balaban J connectivity index is 2.24. The van der Waals surface area contributed by atoms with E-state index < -0.39 is 5.97 Å². The van der Waals surface area contributed by atoms with Crippen molar-refractivity contribution in [2.45, 2.75) is 13.3 Å². The number of nitrogens with zero attached hydrogens (tertiary/aromatic N) is 2. The molecular weight excluding hydrogens is 258 g/mol. The van der Waals surface area contributed by atoms with Gasteiger partial charge >= 0.3 is 5.97 Å². The van der Waals surface area contributed by atoms with E-state index in [1.165, 1.54) is 13.4 Å². The molecule has 2 aromatic rings. The molecule has 20 heavy (non-hydrogen) atoms. The number of methoxy groups -OCH3 is 1. The van der Waals surface area contributed by atoms with E-state index >= 15 is 0 Å². The molecule has 6 heteroatoms. The molecular formula is C14H17N3O3. The lowest BCUT2D eigenvalue weighted by Gasteiger charge is -2.08. The van der Waals surface area contributed by atoms with Crippen LogP contribution in [0.15, 0.2) is 30.6 Å². The first-order chi connectivity index (χ1) is 9.67. The Hall–Kier alpha value is -2.50. The lowest BCUT2D eigenvalue weighted by atomic mass is 10.3. The Morgan fingerprint density at radius 2 is 2.05 bits per heavy atom. The van der Waals surface area contributed by atoms with E-state index in [0.717, 1.165) is 17.9 Å². The summed E-state index contributed by atoms with van der Waals surface area (Å²) >= 11 is 0. The second kappa shape index (κ2) is 6.10. The van der Waals surface area contributed by atoms with Gasteiger partial charge in [-0.05, 0) is 30.7 Å². The van der Waals surface area contributed by atoms with Gasteiger partial charge in [0.15, 0.2) is 5.69 Å². The van der Waals surface area contributed by atoms with Gasteiger partial charge in [0.2, 0.25) is 0 Å². The van der Waals surface area contributed by atoms with E-state index in [1.807, 2.05) is 24.3 Å². The lowest BCUT2D eigenvalue weighted by molar-refractivity contribution is 0.0596. The third-order valence-corrected chi connectivity index (χ3v) is 2.77. The first kappa shape index (κ1) is 13.9. The molecule has 0 spiro atoms. The number of ether oxygens (including phenoxy) is 2. The number of hydrogen-bond acceptors (Lipinski definition) is 5. The van der Waals surface area contributed by atoms with Gasteiger partial charge in [-0.2, -0.15) is 0 Å². The molecule has 0 bridgehead atoms. The largest absolute Gasteiger partial charge is 0.494 e. The Morgan fingerprint density at radius 3 is 2.65 bits per heavy atom. The quantitative estimate of drug-likeness (QED) is 0.844. The predicted octanol–water partition coefficient (Wildman–Crippen LogP) is 2.03. The minimum Gasteiger partial charge on any atom is -0.494 e. The van der Waals surface area contributed by atoms with E-state index in [-0.39, 0.29) is 11.5 Å². The van der Waals surface area contributed by atoms with Crippen molar-refractivity contribution in [3.05, 3.63) is 36.3 Å². The second-order valence-electron chi connectivity index (χ2n) is 4.18. The molecule has 0 saturated heterocycles. The highest BCUT2D eigenvalue weighted by Gasteiger charge is 2.16. The SMILES string of the molecule is CCCOc1ccc(-n2cnc(C(=O)OC)c2N)cc1. The summed E-state index contributed by atoms with van der Waals surface area (Å²) in [5.41, 5.74) is 6.81. The van der Waals surface area contributed by atoms with Crippen molar-refractivity contribution in [3.63, 3.8) is 0 Å². The van der Waals surface area contributed by atoms with Gasteiger partial charge in [-0.25, -0.2) is 9.78 Å². The van der Waals surface area contributed by atoms with Crippen LogP contribution < -0.4 is 10.5 Å². The number of aromatic nitrogens is 2. The highest BCUT2D eigenvalue weighted by atomic mass is 16.5. The number of benzene rings is 1. The van der Waals surface area contributed by atoms with Gasteiger partial charge in [0.1, 0.15) is 17.9 Å². The van der Waals surface area contributed by atoms with Crippen molar-refractivity contribution in [2.75, 3.05) is 19.5 Å². The molecule has 1 aromatic heterocycles. The fourth-order valence-electron chi connectivity index (χ4n) is 1.74. The number of imidazole rings is 1. The number of rotatable bonds is 5. The van der Waals surface area contributed by atoms with Crippen LogP contribution in [-0.2, 0) is 4.74 Å². The van der Waals surface area contributed by atoms with Crippen LogP contribution in [0.1, 0.15) is 23.8 Å². The third kappa shape index (κ3) is 2.74. The van der Waals surface area contributed by atoms with Gasteiger partial charge < -0.3 is 15.2 Å². The minimum absolute atomic E-state index is 0.110. The molecule has 0 atom stereocenters. The first-order valence-electron chi connectivity index (χ1n) is 6.31. The monoisotopic (exact) mass is 275 g/mol. The molecule has 2 rings (SSSR count). The maximum atomic E-state index is 11.5. The molecule has 2 N–H and O–H groups in total. The summed E-state index contributed by atoms with van der Waals surface area (Å²) in [4.78, 5) is 15.4. The van der Waals surface area contributed by atoms with Crippen LogP contribution in [0, 0.1) is 0 Å².